The van der Waals surface area contributed by atoms with Gasteiger partial charge in [-0.15, -0.1) is 10.2 Å². The van der Waals surface area contributed by atoms with E-state index in [4.69, 9.17) is 9.72 Å². The molecule has 0 amide bonds. The summed E-state index contributed by atoms with van der Waals surface area (Å²) in [4.78, 5) is 24.1. The maximum absolute atomic E-state index is 14.2. The van der Waals surface area contributed by atoms with Crippen LogP contribution in [-0.2, 0) is 32.3 Å². The number of hydrogen-bond donors (Lipinski definition) is 0. The molecule has 0 spiro atoms. The van der Waals surface area contributed by atoms with Crippen molar-refractivity contribution >= 4 is 27.5 Å². The molecule has 0 aromatic carbocycles. The van der Waals surface area contributed by atoms with Gasteiger partial charge in [0.25, 0.3) is 0 Å². The van der Waals surface area contributed by atoms with Gasteiger partial charge in [-0.2, -0.15) is 22.7 Å². The molecule has 12 nitrogen and oxygen atoms in total. The number of aromatic nitrogens is 5. The number of piperidine rings is 1. The summed E-state index contributed by atoms with van der Waals surface area (Å²) in [5.41, 5.74) is 2.56. The smallest absolute Gasteiger partial charge is 0.452 e. The number of aryl methyl sites for hydroxylation is 2. The second-order valence-corrected chi connectivity index (χ2v) is 13.9. The summed E-state index contributed by atoms with van der Waals surface area (Å²) >= 11 is 0. The molecule has 2 atom stereocenters. The summed E-state index contributed by atoms with van der Waals surface area (Å²) in [7, 11) is -4.12. The van der Waals surface area contributed by atoms with Gasteiger partial charge in [0.1, 0.15) is 16.8 Å². The van der Waals surface area contributed by atoms with Gasteiger partial charge in [-0.25, -0.2) is 13.4 Å². The quantitative estimate of drug-likeness (QED) is 0.252. The molecular formula is C32H33F3N8O4S. The van der Waals surface area contributed by atoms with Crippen molar-refractivity contribution in [3.05, 3.63) is 76.1 Å². The number of nitriles is 1. The highest BCUT2D eigenvalue weighted by Crippen LogP contribution is 2.38. The molecule has 1 saturated heterocycles. The number of nitrogens with zero attached hydrogens (tertiary/aromatic N) is 8. The molecule has 252 valence electrons. The van der Waals surface area contributed by atoms with Gasteiger partial charge in [0.15, 0.2) is 5.65 Å². The lowest BCUT2D eigenvalue weighted by molar-refractivity contribution is -0.145. The van der Waals surface area contributed by atoms with Crippen LogP contribution in [0.1, 0.15) is 78.0 Å². The number of esters is 1. The van der Waals surface area contributed by atoms with Crippen LogP contribution in [0, 0.1) is 25.2 Å². The monoisotopic (exact) mass is 682 g/mol. The predicted octanol–water partition coefficient (Wildman–Crippen LogP) is 4.68. The zero-order valence-electron chi connectivity index (χ0n) is 26.5. The van der Waals surface area contributed by atoms with Crippen molar-refractivity contribution in [1.29, 1.82) is 5.26 Å². The molecule has 0 radical (unpaired) electrons. The van der Waals surface area contributed by atoms with Gasteiger partial charge in [0.2, 0.25) is 15.8 Å². The van der Waals surface area contributed by atoms with Crippen LogP contribution in [0.15, 0.2) is 41.6 Å². The van der Waals surface area contributed by atoms with Crippen molar-refractivity contribution < 1.29 is 31.1 Å². The zero-order valence-corrected chi connectivity index (χ0v) is 27.3. The van der Waals surface area contributed by atoms with E-state index in [9.17, 15) is 31.6 Å². The lowest BCUT2D eigenvalue weighted by Gasteiger charge is -2.36. The third kappa shape index (κ3) is 6.08. The number of halogens is 3. The van der Waals surface area contributed by atoms with E-state index in [2.05, 4.69) is 15.2 Å². The molecular weight excluding hydrogens is 649 g/mol. The fraction of sp³-hybridized carbons (Fsp3) is 0.438. The molecule has 2 aliphatic rings. The van der Waals surface area contributed by atoms with Gasteiger partial charge >= 0.3 is 12.1 Å². The maximum Gasteiger partial charge on any atom is 0.452 e. The Labute approximate surface area is 275 Å². The Morgan fingerprint density at radius 3 is 2.71 bits per heavy atom. The van der Waals surface area contributed by atoms with E-state index in [-0.39, 0.29) is 48.3 Å². The lowest BCUT2D eigenvalue weighted by Crippen LogP contribution is -2.45. The number of rotatable bonds is 7. The molecule has 48 heavy (non-hydrogen) atoms. The van der Waals surface area contributed by atoms with E-state index in [1.807, 2.05) is 11.0 Å². The molecule has 2 unspecified atom stereocenters. The Morgan fingerprint density at radius 1 is 1.19 bits per heavy atom. The molecule has 2 aliphatic heterocycles. The SMILES string of the molecule is CCOC(=O)CC(c1ccc(C)c(CN2CC3CCCCN3c3ncc(C#N)cc3S2(=O)=O)n1)c1ccn2c(C(F)(F)F)nnc2c1C. The van der Waals surface area contributed by atoms with Gasteiger partial charge in [-0.05, 0) is 74.9 Å². The minimum atomic E-state index is -4.72. The highest BCUT2D eigenvalue weighted by molar-refractivity contribution is 7.89. The van der Waals surface area contributed by atoms with Crippen LogP contribution in [0.3, 0.4) is 0 Å². The van der Waals surface area contributed by atoms with Crippen molar-refractivity contribution in [1.82, 2.24) is 28.9 Å². The Morgan fingerprint density at radius 2 is 1.98 bits per heavy atom. The van der Waals surface area contributed by atoms with Crippen molar-refractivity contribution in [2.24, 2.45) is 0 Å². The van der Waals surface area contributed by atoms with E-state index in [1.54, 1.807) is 32.9 Å². The van der Waals surface area contributed by atoms with Crippen LogP contribution in [-0.4, -0.2) is 69.0 Å². The highest BCUT2D eigenvalue weighted by atomic mass is 32.2. The zero-order chi connectivity index (χ0) is 34.4. The third-order valence-electron chi connectivity index (χ3n) is 8.97. The third-order valence-corrected chi connectivity index (χ3v) is 10.8. The molecule has 0 bridgehead atoms. The molecule has 6 rings (SSSR count). The number of carbonyl (C=O) groups excluding carboxylic acids is 1. The molecule has 6 heterocycles. The number of sulfonamides is 1. The number of pyridine rings is 3. The van der Waals surface area contributed by atoms with Crippen molar-refractivity contribution in [3.8, 4) is 6.07 Å². The number of anilines is 1. The van der Waals surface area contributed by atoms with E-state index < -0.39 is 33.9 Å². The standard InChI is InChI=1S/C32H33F3N8O4S/c1-4-47-28(44)14-24(23-10-12-43-29(20(23)3)39-40-31(43)32(33,34)35)25-9-8-19(2)26(38-25)18-41-17-22-7-5-6-11-42(22)30-27(48(41,45)46)13-21(15-36)16-37-30/h8-10,12-13,16,22,24H,4-7,11,14,17-18H2,1-3H3. The van der Waals surface area contributed by atoms with Crippen LogP contribution >= 0.6 is 0 Å². The second-order valence-electron chi connectivity index (χ2n) is 12.0. The van der Waals surface area contributed by atoms with E-state index in [1.165, 1.54) is 28.8 Å². The van der Waals surface area contributed by atoms with Gasteiger partial charge in [0, 0.05) is 43.1 Å². The van der Waals surface area contributed by atoms with Crippen LogP contribution in [0.5, 0.6) is 0 Å². The van der Waals surface area contributed by atoms with Crippen LogP contribution in [0.25, 0.3) is 5.65 Å². The van der Waals surface area contributed by atoms with Crippen molar-refractivity contribution in [2.75, 3.05) is 24.6 Å². The second kappa shape index (κ2) is 12.8. The van der Waals surface area contributed by atoms with E-state index in [0.29, 0.717) is 40.4 Å². The normalized spacial score (nSPS) is 18.4. The van der Waals surface area contributed by atoms with Crippen molar-refractivity contribution in [2.45, 2.75) is 76.0 Å². The molecule has 4 aromatic rings. The number of carbonyl (C=O) groups is 1. The first-order chi connectivity index (χ1) is 22.8. The molecule has 0 N–H and O–H groups in total. The number of fused-ring (bicyclic) bond motifs is 4. The Hall–Kier alpha value is -4.62. The summed E-state index contributed by atoms with van der Waals surface area (Å²) in [5, 5.41) is 16.7. The Bertz CT molecular complexity index is 2040. The van der Waals surface area contributed by atoms with Crippen LogP contribution < -0.4 is 4.90 Å². The summed E-state index contributed by atoms with van der Waals surface area (Å²) in [6.45, 7) is 5.94. The first-order valence-corrected chi connectivity index (χ1v) is 17.0. The fourth-order valence-electron chi connectivity index (χ4n) is 6.53. The van der Waals surface area contributed by atoms with E-state index in [0.717, 1.165) is 23.7 Å². The first kappa shape index (κ1) is 33.3. The summed E-state index contributed by atoms with van der Waals surface area (Å²) in [5.74, 6) is -2.12. The van der Waals surface area contributed by atoms with Gasteiger partial charge in [-0.1, -0.05) is 6.07 Å². The van der Waals surface area contributed by atoms with Gasteiger partial charge < -0.3 is 9.64 Å². The minimum Gasteiger partial charge on any atom is -0.466 e. The lowest BCUT2D eigenvalue weighted by atomic mass is 9.89. The van der Waals surface area contributed by atoms with E-state index >= 15 is 0 Å². The summed E-state index contributed by atoms with van der Waals surface area (Å²) in [6.07, 6.45) is 0.298. The molecule has 1 fully saturated rings. The highest BCUT2D eigenvalue weighted by Gasteiger charge is 2.40. The molecule has 16 heteroatoms. The molecule has 0 aliphatic carbocycles. The number of hydrogen-bond acceptors (Lipinski definition) is 10. The Kier molecular flexibility index (Phi) is 8.86. The van der Waals surface area contributed by atoms with Gasteiger partial charge in [0.05, 0.1) is 30.8 Å². The minimum absolute atomic E-state index is 0.0160. The first-order valence-electron chi connectivity index (χ1n) is 15.5. The number of ether oxygens (including phenoxy) is 1. The van der Waals surface area contributed by atoms with Crippen LogP contribution in [0.4, 0.5) is 19.0 Å². The number of alkyl halides is 3. The predicted molar refractivity (Wildman–Crippen MR) is 166 cm³/mol. The topological polar surface area (TPSA) is 147 Å². The van der Waals surface area contributed by atoms with Crippen molar-refractivity contribution in [3.63, 3.8) is 0 Å². The summed E-state index contributed by atoms with van der Waals surface area (Å²) in [6, 6.07) is 8.20. The largest absolute Gasteiger partial charge is 0.466 e. The Balaban J connectivity index is 1.42. The van der Waals surface area contributed by atoms with Crippen LogP contribution in [0.2, 0.25) is 0 Å². The van der Waals surface area contributed by atoms with Gasteiger partial charge in [-0.3, -0.25) is 14.2 Å². The average Bonchev–Trinajstić information content (AvgIpc) is 3.48. The molecule has 0 saturated carbocycles. The fourth-order valence-corrected chi connectivity index (χ4v) is 8.15. The molecule has 4 aromatic heterocycles. The summed E-state index contributed by atoms with van der Waals surface area (Å²) < 4.78 is 76.6. The average molecular weight is 683 g/mol. The maximum atomic E-state index is 14.2.